The molecule has 0 fully saturated rings. The number of aryl methyl sites for hydroxylation is 2. The minimum atomic E-state index is -0.268. The van der Waals surface area contributed by atoms with Crippen LogP contribution in [0.2, 0.25) is 0 Å². The molecule has 3 aromatic rings. The zero-order valence-corrected chi connectivity index (χ0v) is 13.0. The summed E-state index contributed by atoms with van der Waals surface area (Å²) in [7, 11) is 0. The van der Waals surface area contributed by atoms with Crippen LogP contribution in [-0.2, 0) is 6.42 Å². The zero-order valence-electron chi connectivity index (χ0n) is 13.0. The predicted octanol–water partition coefficient (Wildman–Crippen LogP) is 3.53. The summed E-state index contributed by atoms with van der Waals surface area (Å²) in [6.07, 6.45) is 0.535. The Hall–Kier alpha value is -2.95. The summed E-state index contributed by atoms with van der Waals surface area (Å²) in [4.78, 5) is 12.1. The van der Waals surface area contributed by atoms with Crippen LogP contribution in [0.4, 0.5) is 6.01 Å². The summed E-state index contributed by atoms with van der Waals surface area (Å²) in [6, 6.07) is 15.5. The van der Waals surface area contributed by atoms with Gasteiger partial charge in [-0.05, 0) is 31.5 Å². The normalized spacial score (nSPS) is 10.5. The van der Waals surface area contributed by atoms with Crippen molar-refractivity contribution < 1.29 is 9.21 Å². The van der Waals surface area contributed by atoms with Crippen LogP contribution >= 0.6 is 0 Å². The molecule has 0 saturated heterocycles. The molecule has 0 aliphatic heterocycles. The Bertz CT molecular complexity index is 805. The number of anilines is 1. The van der Waals surface area contributed by atoms with Gasteiger partial charge in [0, 0.05) is 5.56 Å². The Labute approximate surface area is 134 Å². The second kappa shape index (κ2) is 6.44. The number of carbonyl (C=O) groups is 1. The molecule has 1 aromatic heterocycles. The molecule has 2 aromatic carbocycles. The molecule has 23 heavy (non-hydrogen) atoms. The molecule has 1 heterocycles. The fourth-order valence-electron chi connectivity index (χ4n) is 2.13. The third kappa shape index (κ3) is 3.83. The summed E-state index contributed by atoms with van der Waals surface area (Å²) < 4.78 is 5.48. The zero-order chi connectivity index (χ0) is 16.2. The standard InChI is InChI=1S/C18H17N3O2/c1-12-3-7-14(8-4-12)11-16-20-21-18(23-16)19-17(22)15-9-5-13(2)6-10-15/h3-10H,11H2,1-2H3,(H,19,21,22). The first kappa shape index (κ1) is 15.0. The first-order valence-electron chi connectivity index (χ1n) is 7.36. The first-order chi connectivity index (χ1) is 11.1. The van der Waals surface area contributed by atoms with Crippen LogP contribution in [0, 0.1) is 13.8 Å². The van der Waals surface area contributed by atoms with Gasteiger partial charge in [0.25, 0.3) is 5.91 Å². The highest BCUT2D eigenvalue weighted by Crippen LogP contribution is 2.13. The van der Waals surface area contributed by atoms with Gasteiger partial charge >= 0.3 is 6.01 Å². The number of hydrogen-bond donors (Lipinski definition) is 1. The van der Waals surface area contributed by atoms with Gasteiger partial charge in [-0.3, -0.25) is 10.1 Å². The van der Waals surface area contributed by atoms with Crippen molar-refractivity contribution in [1.82, 2.24) is 10.2 Å². The van der Waals surface area contributed by atoms with Crippen molar-refractivity contribution in [3.8, 4) is 0 Å². The van der Waals surface area contributed by atoms with Crippen LogP contribution in [0.25, 0.3) is 0 Å². The van der Waals surface area contributed by atoms with Crippen molar-refractivity contribution in [3.05, 3.63) is 76.7 Å². The van der Waals surface area contributed by atoms with Crippen molar-refractivity contribution in [1.29, 1.82) is 0 Å². The van der Waals surface area contributed by atoms with Gasteiger partial charge in [-0.15, -0.1) is 5.10 Å². The van der Waals surface area contributed by atoms with Crippen molar-refractivity contribution in [3.63, 3.8) is 0 Å². The van der Waals surface area contributed by atoms with E-state index in [4.69, 9.17) is 4.42 Å². The average molecular weight is 307 g/mol. The van der Waals surface area contributed by atoms with E-state index in [2.05, 4.69) is 15.5 Å². The van der Waals surface area contributed by atoms with Crippen molar-refractivity contribution >= 4 is 11.9 Å². The average Bonchev–Trinajstić information content (AvgIpc) is 2.97. The summed E-state index contributed by atoms with van der Waals surface area (Å²) in [6.45, 7) is 4.01. The highest BCUT2D eigenvalue weighted by Gasteiger charge is 2.11. The molecular weight excluding hydrogens is 290 g/mol. The number of carbonyl (C=O) groups excluding carboxylic acids is 1. The van der Waals surface area contributed by atoms with Gasteiger partial charge in [0.2, 0.25) is 5.89 Å². The Morgan fingerprint density at radius 2 is 1.57 bits per heavy atom. The quantitative estimate of drug-likeness (QED) is 0.800. The Kier molecular flexibility index (Phi) is 4.19. The van der Waals surface area contributed by atoms with Crippen molar-refractivity contribution in [2.45, 2.75) is 20.3 Å². The first-order valence-corrected chi connectivity index (χ1v) is 7.36. The molecule has 5 heteroatoms. The topological polar surface area (TPSA) is 68.0 Å². The maximum absolute atomic E-state index is 12.1. The predicted molar refractivity (Wildman–Crippen MR) is 87.4 cm³/mol. The number of nitrogens with one attached hydrogen (secondary N) is 1. The minimum Gasteiger partial charge on any atom is -0.407 e. The SMILES string of the molecule is Cc1ccc(Cc2nnc(NC(=O)c3ccc(C)cc3)o2)cc1. The number of nitrogens with zero attached hydrogens (tertiary/aromatic N) is 2. The van der Waals surface area contributed by atoms with E-state index in [9.17, 15) is 4.79 Å². The van der Waals surface area contributed by atoms with E-state index in [0.29, 0.717) is 17.9 Å². The third-order valence-electron chi connectivity index (χ3n) is 3.48. The van der Waals surface area contributed by atoms with Gasteiger partial charge in [-0.1, -0.05) is 52.6 Å². The summed E-state index contributed by atoms with van der Waals surface area (Å²) in [5.41, 5.74) is 3.93. The van der Waals surface area contributed by atoms with Gasteiger partial charge < -0.3 is 4.42 Å². The highest BCUT2D eigenvalue weighted by atomic mass is 16.4. The maximum Gasteiger partial charge on any atom is 0.322 e. The lowest BCUT2D eigenvalue weighted by molar-refractivity contribution is 0.102. The molecule has 0 aliphatic carbocycles. The molecule has 3 rings (SSSR count). The van der Waals surface area contributed by atoms with Gasteiger partial charge in [0.1, 0.15) is 0 Å². The summed E-state index contributed by atoms with van der Waals surface area (Å²) in [5, 5.41) is 10.4. The van der Waals surface area contributed by atoms with E-state index in [1.54, 1.807) is 12.1 Å². The maximum atomic E-state index is 12.1. The Morgan fingerprint density at radius 3 is 2.22 bits per heavy atom. The molecule has 0 radical (unpaired) electrons. The van der Waals surface area contributed by atoms with E-state index >= 15 is 0 Å². The molecule has 0 atom stereocenters. The van der Waals surface area contributed by atoms with E-state index in [1.807, 2.05) is 50.2 Å². The van der Waals surface area contributed by atoms with Crippen LogP contribution < -0.4 is 5.32 Å². The number of amides is 1. The van der Waals surface area contributed by atoms with Crippen LogP contribution in [0.3, 0.4) is 0 Å². The van der Waals surface area contributed by atoms with Crippen molar-refractivity contribution in [2.75, 3.05) is 5.32 Å². The minimum absolute atomic E-state index is 0.109. The van der Waals surface area contributed by atoms with Crippen LogP contribution in [0.5, 0.6) is 0 Å². The molecule has 0 spiro atoms. The van der Waals surface area contributed by atoms with E-state index < -0.39 is 0 Å². The van der Waals surface area contributed by atoms with E-state index in [-0.39, 0.29) is 11.9 Å². The monoisotopic (exact) mass is 307 g/mol. The fourth-order valence-corrected chi connectivity index (χ4v) is 2.13. The fraction of sp³-hybridized carbons (Fsp3) is 0.167. The highest BCUT2D eigenvalue weighted by molar-refractivity contribution is 6.03. The Morgan fingerprint density at radius 1 is 0.957 bits per heavy atom. The number of hydrogen-bond acceptors (Lipinski definition) is 4. The largest absolute Gasteiger partial charge is 0.407 e. The van der Waals surface area contributed by atoms with E-state index in [0.717, 1.165) is 11.1 Å². The molecule has 1 N–H and O–H groups in total. The molecule has 0 saturated carbocycles. The molecular formula is C18H17N3O2. The Balaban J connectivity index is 1.66. The summed E-state index contributed by atoms with van der Waals surface area (Å²) >= 11 is 0. The van der Waals surface area contributed by atoms with Crippen LogP contribution in [0.1, 0.15) is 32.9 Å². The van der Waals surface area contributed by atoms with Gasteiger partial charge in [-0.2, -0.15) is 0 Å². The lowest BCUT2D eigenvalue weighted by Gasteiger charge is -2.01. The lowest BCUT2D eigenvalue weighted by atomic mass is 10.1. The smallest absolute Gasteiger partial charge is 0.322 e. The number of aromatic nitrogens is 2. The summed E-state index contributed by atoms with van der Waals surface area (Å²) in [5.74, 6) is 0.198. The molecule has 5 nitrogen and oxygen atoms in total. The molecule has 0 unspecified atom stereocenters. The van der Waals surface area contributed by atoms with E-state index in [1.165, 1.54) is 5.56 Å². The van der Waals surface area contributed by atoms with Crippen LogP contribution in [0.15, 0.2) is 52.9 Å². The second-order valence-corrected chi connectivity index (χ2v) is 5.48. The van der Waals surface area contributed by atoms with Crippen molar-refractivity contribution in [2.24, 2.45) is 0 Å². The lowest BCUT2D eigenvalue weighted by Crippen LogP contribution is -2.11. The molecule has 1 amide bonds. The molecule has 0 aliphatic rings. The second-order valence-electron chi connectivity index (χ2n) is 5.48. The van der Waals surface area contributed by atoms with Gasteiger partial charge in [0.05, 0.1) is 6.42 Å². The third-order valence-corrected chi connectivity index (χ3v) is 3.48. The number of benzene rings is 2. The van der Waals surface area contributed by atoms with Crippen LogP contribution in [-0.4, -0.2) is 16.1 Å². The number of rotatable bonds is 4. The van der Waals surface area contributed by atoms with Gasteiger partial charge in [0.15, 0.2) is 0 Å². The van der Waals surface area contributed by atoms with Gasteiger partial charge in [-0.25, -0.2) is 0 Å². The molecule has 0 bridgehead atoms. The molecule has 116 valence electrons.